The van der Waals surface area contributed by atoms with E-state index >= 15 is 0 Å². The number of rotatable bonds is 7. The van der Waals surface area contributed by atoms with Gasteiger partial charge in [0.25, 0.3) is 0 Å². The van der Waals surface area contributed by atoms with Gasteiger partial charge in [0.1, 0.15) is 0 Å². The van der Waals surface area contributed by atoms with Gasteiger partial charge in [-0.05, 0) is 40.2 Å². The number of nitrogens with zero attached hydrogens (tertiary/aromatic N) is 3. The predicted octanol–water partition coefficient (Wildman–Crippen LogP) is 2.02. The summed E-state index contributed by atoms with van der Waals surface area (Å²) in [4.78, 5) is 4.36. The van der Waals surface area contributed by atoms with Gasteiger partial charge < -0.3 is 10.4 Å². The zero-order valence-electron chi connectivity index (χ0n) is 9.84. The van der Waals surface area contributed by atoms with Crippen molar-refractivity contribution in [1.29, 1.82) is 0 Å². The lowest BCUT2D eigenvalue weighted by Gasteiger charge is -2.00. The third-order valence-corrected chi connectivity index (χ3v) is 3.81. The predicted molar refractivity (Wildman–Crippen MR) is 78.2 cm³/mol. The molecule has 0 spiro atoms. The fraction of sp³-hybridized carbons (Fsp3) is 0.455. The zero-order valence-corrected chi connectivity index (χ0v) is 12.2. The Bertz CT molecular complexity index is 505. The van der Waals surface area contributed by atoms with E-state index in [-0.39, 0.29) is 6.61 Å². The lowest BCUT2D eigenvalue weighted by Crippen LogP contribution is -2.06. The number of halogens is 1. The minimum absolute atomic E-state index is 0.267. The molecule has 0 amide bonds. The highest BCUT2D eigenvalue weighted by Gasteiger charge is 2.02. The van der Waals surface area contributed by atoms with Crippen LogP contribution in [0.3, 0.4) is 0 Å². The third kappa shape index (κ3) is 3.86. The molecule has 0 aliphatic heterocycles. The normalized spacial score (nSPS) is 11.0. The lowest BCUT2D eigenvalue weighted by atomic mass is 10.5. The highest BCUT2D eigenvalue weighted by Crippen LogP contribution is 2.12. The fourth-order valence-corrected chi connectivity index (χ4v) is 2.55. The zero-order chi connectivity index (χ0) is 12.8. The van der Waals surface area contributed by atoms with E-state index in [9.17, 15) is 0 Å². The molecule has 0 aliphatic rings. The van der Waals surface area contributed by atoms with Crippen molar-refractivity contribution in [1.82, 2.24) is 14.6 Å². The van der Waals surface area contributed by atoms with Crippen LogP contribution in [0, 0.1) is 0 Å². The van der Waals surface area contributed by atoms with Crippen molar-refractivity contribution in [2.24, 2.45) is 0 Å². The van der Waals surface area contributed by atoms with E-state index < -0.39 is 0 Å². The van der Waals surface area contributed by atoms with Gasteiger partial charge >= 0.3 is 0 Å². The highest BCUT2D eigenvalue weighted by atomic mass is 79.9. The topological polar surface area (TPSA) is 62.5 Å². The molecule has 2 rings (SSSR count). The number of aliphatic hydroxyl groups excluding tert-OH is 1. The second-order valence-corrected chi connectivity index (χ2v) is 5.84. The maximum absolute atomic E-state index is 8.65. The van der Waals surface area contributed by atoms with Crippen LogP contribution >= 0.6 is 27.7 Å². The van der Waals surface area contributed by atoms with Crippen LogP contribution in [-0.2, 0) is 0 Å². The summed E-state index contributed by atoms with van der Waals surface area (Å²) < 4.78 is 2.72. The van der Waals surface area contributed by atoms with E-state index in [1.54, 1.807) is 4.52 Å². The Labute approximate surface area is 118 Å². The first-order chi connectivity index (χ1) is 8.79. The molecule has 0 fully saturated rings. The summed E-state index contributed by atoms with van der Waals surface area (Å²) in [6.45, 7) is 1.09. The van der Waals surface area contributed by atoms with E-state index in [0.29, 0.717) is 5.95 Å². The van der Waals surface area contributed by atoms with Gasteiger partial charge in [-0.3, -0.25) is 0 Å². The van der Waals surface area contributed by atoms with Gasteiger partial charge in [0.15, 0.2) is 5.65 Å². The average Bonchev–Trinajstić information content (AvgIpc) is 2.75. The molecule has 0 atom stereocenters. The molecular formula is C11H15BrN4OS. The lowest BCUT2D eigenvalue weighted by molar-refractivity contribution is 0.296. The number of fused-ring (bicyclic) bond motifs is 1. The molecule has 7 heteroatoms. The monoisotopic (exact) mass is 330 g/mol. The Hall–Kier alpha value is -0.790. The Morgan fingerprint density at radius 2 is 2.28 bits per heavy atom. The maximum atomic E-state index is 8.65. The Kier molecular flexibility index (Phi) is 5.27. The Morgan fingerprint density at radius 3 is 3.11 bits per heavy atom. The number of thioether (sulfide) groups is 1. The third-order valence-electron chi connectivity index (χ3n) is 2.27. The van der Waals surface area contributed by atoms with E-state index in [4.69, 9.17) is 5.11 Å². The first kappa shape index (κ1) is 13.6. The fourth-order valence-electron chi connectivity index (χ4n) is 1.44. The Balaban J connectivity index is 1.81. The van der Waals surface area contributed by atoms with Crippen molar-refractivity contribution in [2.45, 2.75) is 6.42 Å². The van der Waals surface area contributed by atoms with Crippen LogP contribution in [0.4, 0.5) is 5.95 Å². The molecule has 2 aromatic heterocycles. The van der Waals surface area contributed by atoms with Crippen LogP contribution < -0.4 is 5.32 Å². The number of hydrogen-bond acceptors (Lipinski definition) is 5. The van der Waals surface area contributed by atoms with Gasteiger partial charge in [-0.1, -0.05) is 0 Å². The van der Waals surface area contributed by atoms with Gasteiger partial charge in [0.2, 0.25) is 5.95 Å². The van der Waals surface area contributed by atoms with Crippen molar-refractivity contribution in [3.05, 3.63) is 22.8 Å². The minimum atomic E-state index is 0.267. The first-order valence-corrected chi connectivity index (χ1v) is 7.69. The largest absolute Gasteiger partial charge is 0.396 e. The van der Waals surface area contributed by atoms with Gasteiger partial charge in [0, 0.05) is 29.6 Å². The molecule has 98 valence electrons. The van der Waals surface area contributed by atoms with Crippen LogP contribution in [0.1, 0.15) is 6.42 Å². The van der Waals surface area contributed by atoms with Crippen molar-refractivity contribution in [2.75, 3.05) is 30.0 Å². The van der Waals surface area contributed by atoms with Gasteiger partial charge in [-0.15, -0.1) is 5.10 Å². The van der Waals surface area contributed by atoms with E-state index in [0.717, 1.165) is 34.6 Å². The van der Waals surface area contributed by atoms with E-state index in [1.165, 1.54) is 0 Å². The SMILES string of the molecule is OCCCSCCNc1nc2ccc(Br)cn2n1. The number of anilines is 1. The van der Waals surface area contributed by atoms with Crippen molar-refractivity contribution < 1.29 is 5.11 Å². The molecule has 0 unspecified atom stereocenters. The second-order valence-electron chi connectivity index (χ2n) is 3.70. The molecular weight excluding hydrogens is 316 g/mol. The van der Waals surface area contributed by atoms with Gasteiger partial charge in [0.05, 0.1) is 0 Å². The van der Waals surface area contributed by atoms with Crippen molar-refractivity contribution in [3.8, 4) is 0 Å². The summed E-state index contributed by atoms with van der Waals surface area (Å²) in [5, 5.41) is 16.2. The summed E-state index contributed by atoms with van der Waals surface area (Å²) in [6, 6.07) is 3.86. The Morgan fingerprint density at radius 1 is 1.39 bits per heavy atom. The standard InChI is InChI=1S/C11H15BrN4OS/c12-9-2-3-10-14-11(15-16(10)8-9)13-4-7-18-6-1-5-17/h2-3,8,17H,1,4-7H2,(H,13,15). The summed E-state index contributed by atoms with van der Waals surface area (Å²) in [5.41, 5.74) is 0.827. The minimum Gasteiger partial charge on any atom is -0.396 e. The average molecular weight is 331 g/mol. The van der Waals surface area contributed by atoms with Crippen molar-refractivity contribution in [3.63, 3.8) is 0 Å². The molecule has 2 N–H and O–H groups in total. The second kappa shape index (κ2) is 6.96. The maximum Gasteiger partial charge on any atom is 0.243 e. The molecule has 2 aromatic rings. The highest BCUT2D eigenvalue weighted by molar-refractivity contribution is 9.10. The summed E-state index contributed by atoms with van der Waals surface area (Å²) >= 11 is 5.21. The molecule has 0 radical (unpaired) electrons. The smallest absolute Gasteiger partial charge is 0.243 e. The molecule has 0 aliphatic carbocycles. The van der Waals surface area contributed by atoms with E-state index in [1.807, 2.05) is 30.1 Å². The number of pyridine rings is 1. The van der Waals surface area contributed by atoms with Crippen LogP contribution in [0.25, 0.3) is 5.65 Å². The molecule has 0 bridgehead atoms. The molecule has 5 nitrogen and oxygen atoms in total. The van der Waals surface area contributed by atoms with Crippen LogP contribution in [0.15, 0.2) is 22.8 Å². The summed E-state index contributed by atoms with van der Waals surface area (Å²) in [7, 11) is 0. The molecule has 0 saturated carbocycles. The summed E-state index contributed by atoms with van der Waals surface area (Å²) in [5.74, 6) is 2.62. The molecule has 2 heterocycles. The van der Waals surface area contributed by atoms with Crippen LogP contribution in [0.2, 0.25) is 0 Å². The molecule has 0 saturated heterocycles. The van der Waals surface area contributed by atoms with Crippen LogP contribution in [0.5, 0.6) is 0 Å². The molecule has 0 aromatic carbocycles. The van der Waals surface area contributed by atoms with Crippen molar-refractivity contribution >= 4 is 39.3 Å². The quantitative estimate of drug-likeness (QED) is 0.760. The van der Waals surface area contributed by atoms with Crippen LogP contribution in [-0.4, -0.2) is 44.4 Å². The van der Waals surface area contributed by atoms with Gasteiger partial charge in [-0.25, -0.2) is 4.52 Å². The number of aromatic nitrogens is 3. The van der Waals surface area contributed by atoms with Gasteiger partial charge in [-0.2, -0.15) is 16.7 Å². The summed E-state index contributed by atoms with van der Waals surface area (Å²) in [6.07, 6.45) is 2.73. The number of hydrogen-bond donors (Lipinski definition) is 2. The number of nitrogens with one attached hydrogen (secondary N) is 1. The number of aliphatic hydroxyl groups is 1. The first-order valence-electron chi connectivity index (χ1n) is 5.74. The van der Waals surface area contributed by atoms with E-state index in [2.05, 4.69) is 31.3 Å². The molecule has 18 heavy (non-hydrogen) atoms.